The molecule has 28 heavy (non-hydrogen) atoms. The summed E-state index contributed by atoms with van der Waals surface area (Å²) in [5.41, 5.74) is 3.31. The van der Waals surface area contributed by atoms with E-state index in [-0.39, 0.29) is 5.38 Å². The van der Waals surface area contributed by atoms with Crippen LogP contribution >= 0.6 is 11.6 Å². The minimum Gasteiger partial charge on any atom is -0.481 e. The fourth-order valence-corrected chi connectivity index (χ4v) is 3.31. The lowest BCUT2D eigenvalue weighted by atomic mass is 10.00. The van der Waals surface area contributed by atoms with Gasteiger partial charge >= 0.3 is 5.97 Å². The topological polar surface area (TPSA) is 63.1 Å². The predicted molar refractivity (Wildman–Crippen MR) is 115 cm³/mol. The molecule has 0 saturated heterocycles. The zero-order valence-electron chi connectivity index (χ0n) is 16.9. The molecule has 5 heteroatoms. The number of aromatic nitrogens is 2. The van der Waals surface area contributed by atoms with Crippen molar-refractivity contribution in [3.63, 3.8) is 0 Å². The minimum absolute atomic E-state index is 0.366. The molecule has 2 rings (SSSR count). The van der Waals surface area contributed by atoms with Gasteiger partial charge in [-0.15, -0.1) is 11.6 Å². The first-order chi connectivity index (χ1) is 13.5. The number of hydrogen-bond acceptors (Lipinski definition) is 3. The molecule has 0 bridgehead atoms. The largest absolute Gasteiger partial charge is 0.481 e. The number of carboxylic acid groups (broad SMARTS) is 1. The Balaban J connectivity index is 1.84. The number of benzene rings is 1. The Morgan fingerprint density at radius 1 is 1.00 bits per heavy atom. The van der Waals surface area contributed by atoms with Gasteiger partial charge in [-0.3, -0.25) is 4.79 Å². The first kappa shape index (κ1) is 22.4. The highest BCUT2D eigenvalue weighted by Crippen LogP contribution is 2.20. The summed E-state index contributed by atoms with van der Waals surface area (Å²) < 4.78 is 0. The second kappa shape index (κ2) is 11.8. The van der Waals surface area contributed by atoms with E-state index in [1.54, 1.807) is 6.92 Å². The van der Waals surface area contributed by atoms with E-state index in [4.69, 9.17) is 16.7 Å². The average molecular weight is 403 g/mol. The van der Waals surface area contributed by atoms with Gasteiger partial charge in [0.2, 0.25) is 0 Å². The van der Waals surface area contributed by atoms with Crippen molar-refractivity contribution in [2.45, 2.75) is 70.6 Å². The van der Waals surface area contributed by atoms with Gasteiger partial charge in [0, 0.05) is 23.3 Å². The molecule has 0 saturated carbocycles. The molecule has 1 heterocycles. The Kier molecular flexibility index (Phi) is 9.42. The molecular formula is C23H31ClN2O2. The number of aryl methyl sites for hydroxylation is 2. The number of carboxylic acids is 1. The van der Waals surface area contributed by atoms with Gasteiger partial charge in [0.05, 0.1) is 5.92 Å². The second-order valence-electron chi connectivity index (χ2n) is 7.46. The average Bonchev–Trinajstić information content (AvgIpc) is 2.72. The van der Waals surface area contributed by atoms with Crippen LogP contribution in [0.4, 0.5) is 0 Å². The van der Waals surface area contributed by atoms with Gasteiger partial charge in [0.1, 0.15) is 0 Å². The number of nitrogens with zero attached hydrogens (tertiary/aromatic N) is 2. The van der Waals surface area contributed by atoms with E-state index in [0.717, 1.165) is 29.8 Å². The van der Waals surface area contributed by atoms with Crippen molar-refractivity contribution in [3.05, 3.63) is 47.8 Å². The van der Waals surface area contributed by atoms with Crippen molar-refractivity contribution in [3.8, 4) is 11.4 Å². The summed E-state index contributed by atoms with van der Waals surface area (Å²) in [6.45, 7) is 3.88. The van der Waals surface area contributed by atoms with E-state index >= 15 is 0 Å². The molecule has 1 aromatic heterocycles. The highest BCUT2D eigenvalue weighted by Gasteiger charge is 2.20. The van der Waals surface area contributed by atoms with Crippen LogP contribution in [0.3, 0.4) is 0 Å². The number of unbranched alkanes of at least 4 members (excludes halogenated alkanes) is 4. The Morgan fingerprint density at radius 2 is 1.64 bits per heavy atom. The molecular weight excluding hydrogens is 372 g/mol. The van der Waals surface area contributed by atoms with Gasteiger partial charge in [-0.1, -0.05) is 63.8 Å². The summed E-state index contributed by atoms with van der Waals surface area (Å²) in [7, 11) is 0. The molecule has 0 aliphatic rings. The Morgan fingerprint density at radius 3 is 2.25 bits per heavy atom. The molecule has 152 valence electrons. The Hall–Kier alpha value is -1.94. The van der Waals surface area contributed by atoms with Gasteiger partial charge < -0.3 is 5.11 Å². The van der Waals surface area contributed by atoms with Crippen LogP contribution in [-0.2, 0) is 17.6 Å². The smallest absolute Gasteiger partial charge is 0.307 e. The first-order valence-corrected chi connectivity index (χ1v) is 10.7. The minimum atomic E-state index is -0.850. The fourth-order valence-electron chi connectivity index (χ4n) is 3.10. The molecule has 0 amide bonds. The monoisotopic (exact) mass is 402 g/mol. The van der Waals surface area contributed by atoms with Gasteiger partial charge in [0.25, 0.3) is 0 Å². The molecule has 0 fully saturated rings. The fraction of sp³-hybridized carbons (Fsp3) is 0.522. The van der Waals surface area contributed by atoms with Crippen LogP contribution in [0.5, 0.6) is 0 Å². The molecule has 2 aromatic rings. The normalized spacial score (nSPS) is 13.2. The molecule has 1 aromatic carbocycles. The van der Waals surface area contributed by atoms with E-state index in [9.17, 15) is 4.79 Å². The third kappa shape index (κ3) is 7.23. The van der Waals surface area contributed by atoms with Crippen molar-refractivity contribution < 1.29 is 9.90 Å². The Labute approximate surface area is 173 Å². The summed E-state index contributed by atoms with van der Waals surface area (Å²) in [6.07, 6.45) is 12.6. The first-order valence-electron chi connectivity index (χ1n) is 10.3. The van der Waals surface area contributed by atoms with Crippen LogP contribution in [0.2, 0.25) is 0 Å². The van der Waals surface area contributed by atoms with Gasteiger partial charge in [-0.25, -0.2) is 9.97 Å². The highest BCUT2D eigenvalue weighted by atomic mass is 35.5. The lowest BCUT2D eigenvalue weighted by molar-refractivity contribution is -0.141. The summed E-state index contributed by atoms with van der Waals surface area (Å²) in [6, 6.07) is 8.10. The molecule has 0 aliphatic carbocycles. The zero-order valence-corrected chi connectivity index (χ0v) is 17.7. The van der Waals surface area contributed by atoms with E-state index < -0.39 is 11.9 Å². The molecule has 1 N–H and O–H groups in total. The maximum absolute atomic E-state index is 11.0. The number of aliphatic carboxylic acids is 1. The van der Waals surface area contributed by atoms with Crippen molar-refractivity contribution >= 4 is 17.6 Å². The van der Waals surface area contributed by atoms with Crippen LogP contribution in [0.25, 0.3) is 11.4 Å². The number of hydrogen-bond donors (Lipinski definition) is 1. The molecule has 0 radical (unpaired) electrons. The van der Waals surface area contributed by atoms with Crippen LogP contribution in [0.15, 0.2) is 36.7 Å². The van der Waals surface area contributed by atoms with Crippen LogP contribution in [0, 0.1) is 5.92 Å². The van der Waals surface area contributed by atoms with Crippen molar-refractivity contribution in [1.29, 1.82) is 0 Å². The third-order valence-electron chi connectivity index (χ3n) is 5.13. The van der Waals surface area contributed by atoms with E-state index in [1.165, 1.54) is 37.7 Å². The molecule has 2 unspecified atom stereocenters. The lowest BCUT2D eigenvalue weighted by Gasteiger charge is -2.13. The number of alkyl halides is 1. The van der Waals surface area contributed by atoms with E-state index in [2.05, 4.69) is 16.9 Å². The number of carbonyl (C=O) groups is 1. The van der Waals surface area contributed by atoms with Crippen LogP contribution < -0.4 is 0 Å². The summed E-state index contributed by atoms with van der Waals surface area (Å²) >= 11 is 6.18. The molecule has 4 nitrogen and oxygen atoms in total. The van der Waals surface area contributed by atoms with Crippen LogP contribution in [-0.4, -0.2) is 26.4 Å². The van der Waals surface area contributed by atoms with Gasteiger partial charge in [-0.05, 0) is 36.8 Å². The maximum atomic E-state index is 11.0. The zero-order chi connectivity index (χ0) is 20.4. The highest BCUT2D eigenvalue weighted by molar-refractivity contribution is 6.21. The summed E-state index contributed by atoms with van der Waals surface area (Å²) in [5, 5.41) is 8.65. The van der Waals surface area contributed by atoms with Crippen molar-refractivity contribution in [1.82, 2.24) is 9.97 Å². The molecule has 0 spiro atoms. The Bertz CT molecular complexity index is 716. The quantitative estimate of drug-likeness (QED) is 0.353. The lowest BCUT2D eigenvalue weighted by Crippen LogP contribution is -2.21. The van der Waals surface area contributed by atoms with Crippen LogP contribution in [0.1, 0.15) is 63.5 Å². The summed E-state index contributed by atoms with van der Waals surface area (Å²) in [4.78, 5) is 20.0. The molecule has 0 aliphatic heterocycles. The van der Waals surface area contributed by atoms with E-state index in [0.29, 0.717) is 6.42 Å². The SMILES string of the molecule is CCCCCCCc1cnc(-c2ccc(CCC(Cl)C(C)C(=O)O)cc2)nc1. The van der Waals surface area contributed by atoms with Gasteiger partial charge in [-0.2, -0.15) is 0 Å². The standard InChI is InChI=1S/C23H31ClN2O2/c1-3-4-5-6-7-8-19-15-25-22(26-16-19)20-12-9-18(10-13-20)11-14-21(24)17(2)23(27)28/h9-10,12-13,15-17,21H,3-8,11,14H2,1-2H3,(H,27,28). The maximum Gasteiger partial charge on any atom is 0.307 e. The van der Waals surface area contributed by atoms with E-state index in [1.807, 2.05) is 36.7 Å². The second-order valence-corrected chi connectivity index (χ2v) is 8.02. The number of rotatable bonds is 12. The molecule has 2 atom stereocenters. The van der Waals surface area contributed by atoms with Crippen molar-refractivity contribution in [2.75, 3.05) is 0 Å². The van der Waals surface area contributed by atoms with Crippen molar-refractivity contribution in [2.24, 2.45) is 5.92 Å². The third-order valence-corrected chi connectivity index (χ3v) is 5.72. The van der Waals surface area contributed by atoms with Gasteiger partial charge in [0.15, 0.2) is 5.82 Å². The number of halogens is 1. The summed E-state index contributed by atoms with van der Waals surface area (Å²) in [5.74, 6) is -0.660. The predicted octanol–water partition coefficient (Wildman–Crippen LogP) is 5.92.